The zero-order valence-corrected chi connectivity index (χ0v) is 11.6. The minimum Gasteiger partial charge on any atom is -0.384 e. The summed E-state index contributed by atoms with van der Waals surface area (Å²) < 4.78 is 0. The summed E-state index contributed by atoms with van der Waals surface area (Å²) in [5.41, 5.74) is 2.45. The van der Waals surface area contributed by atoms with Gasteiger partial charge in [-0.2, -0.15) is 0 Å². The fourth-order valence-corrected chi connectivity index (χ4v) is 2.50. The van der Waals surface area contributed by atoms with Gasteiger partial charge in [0.15, 0.2) is 0 Å². The number of benzene rings is 1. The average molecular weight is 258 g/mol. The zero-order valence-electron chi connectivity index (χ0n) is 11.6. The standard InChI is InChI=1S/C16H22N2O/c1-3-4-7-10-18(2)16(19)11-13-12-17-15-9-6-5-8-14(13)15/h3,5-6,8-9,13,17H,1,4,7,10-12H2,2H3. The molecule has 0 radical (unpaired) electrons. The van der Waals surface area contributed by atoms with Crippen molar-refractivity contribution in [2.75, 3.05) is 25.5 Å². The summed E-state index contributed by atoms with van der Waals surface area (Å²) in [5.74, 6) is 0.540. The number of hydrogen-bond acceptors (Lipinski definition) is 2. The molecule has 1 aliphatic heterocycles. The minimum absolute atomic E-state index is 0.229. The number of amides is 1. The number of allylic oxidation sites excluding steroid dienone is 1. The van der Waals surface area contributed by atoms with Gasteiger partial charge in [-0.05, 0) is 24.5 Å². The van der Waals surface area contributed by atoms with Crippen LogP contribution < -0.4 is 5.32 Å². The summed E-state index contributed by atoms with van der Waals surface area (Å²) in [7, 11) is 1.89. The number of rotatable bonds is 6. The Morgan fingerprint density at radius 1 is 1.53 bits per heavy atom. The van der Waals surface area contributed by atoms with Gasteiger partial charge >= 0.3 is 0 Å². The molecule has 1 amide bonds. The number of fused-ring (bicyclic) bond motifs is 1. The summed E-state index contributed by atoms with van der Waals surface area (Å²) in [6.07, 6.45) is 4.45. The van der Waals surface area contributed by atoms with Crippen LogP contribution >= 0.6 is 0 Å². The molecule has 0 saturated heterocycles. The van der Waals surface area contributed by atoms with Gasteiger partial charge < -0.3 is 10.2 Å². The van der Waals surface area contributed by atoms with E-state index in [2.05, 4.69) is 24.0 Å². The molecule has 0 bridgehead atoms. The number of anilines is 1. The molecule has 1 heterocycles. The second-order valence-electron chi connectivity index (χ2n) is 5.12. The van der Waals surface area contributed by atoms with E-state index in [-0.39, 0.29) is 5.91 Å². The van der Waals surface area contributed by atoms with Crippen molar-refractivity contribution in [1.82, 2.24) is 4.90 Å². The van der Waals surface area contributed by atoms with Gasteiger partial charge in [0, 0.05) is 38.2 Å². The number of nitrogens with one attached hydrogen (secondary N) is 1. The number of unbranched alkanes of at least 4 members (excludes halogenated alkanes) is 1. The average Bonchev–Trinajstić information content (AvgIpc) is 2.82. The van der Waals surface area contributed by atoms with E-state index < -0.39 is 0 Å². The van der Waals surface area contributed by atoms with E-state index in [9.17, 15) is 4.79 Å². The molecular formula is C16H22N2O. The van der Waals surface area contributed by atoms with Gasteiger partial charge in [0.1, 0.15) is 0 Å². The molecule has 19 heavy (non-hydrogen) atoms. The van der Waals surface area contributed by atoms with Crippen molar-refractivity contribution in [3.8, 4) is 0 Å². The molecule has 0 aliphatic carbocycles. The van der Waals surface area contributed by atoms with Crippen LogP contribution in [0.25, 0.3) is 0 Å². The molecule has 1 N–H and O–H groups in total. The van der Waals surface area contributed by atoms with Gasteiger partial charge in [0.25, 0.3) is 0 Å². The Morgan fingerprint density at radius 2 is 2.32 bits per heavy atom. The Bertz CT molecular complexity index is 456. The highest BCUT2D eigenvalue weighted by atomic mass is 16.2. The lowest BCUT2D eigenvalue weighted by molar-refractivity contribution is -0.130. The summed E-state index contributed by atoms with van der Waals surface area (Å²) in [5, 5.41) is 3.36. The van der Waals surface area contributed by atoms with Gasteiger partial charge in [0.05, 0.1) is 0 Å². The van der Waals surface area contributed by atoms with Gasteiger partial charge in [-0.25, -0.2) is 0 Å². The third kappa shape index (κ3) is 3.37. The largest absolute Gasteiger partial charge is 0.384 e. The highest BCUT2D eigenvalue weighted by molar-refractivity contribution is 5.78. The first kappa shape index (κ1) is 13.7. The van der Waals surface area contributed by atoms with E-state index in [0.717, 1.165) is 25.9 Å². The summed E-state index contributed by atoms with van der Waals surface area (Å²) in [6.45, 7) is 5.38. The number of para-hydroxylation sites is 1. The first-order valence-corrected chi connectivity index (χ1v) is 6.90. The summed E-state index contributed by atoms with van der Waals surface area (Å²) in [4.78, 5) is 14.0. The highest BCUT2D eigenvalue weighted by Gasteiger charge is 2.24. The topological polar surface area (TPSA) is 32.3 Å². The third-order valence-electron chi connectivity index (χ3n) is 3.69. The maximum absolute atomic E-state index is 12.2. The van der Waals surface area contributed by atoms with E-state index in [4.69, 9.17) is 0 Å². The van der Waals surface area contributed by atoms with E-state index >= 15 is 0 Å². The van der Waals surface area contributed by atoms with Crippen molar-refractivity contribution in [1.29, 1.82) is 0 Å². The highest BCUT2D eigenvalue weighted by Crippen LogP contribution is 2.33. The van der Waals surface area contributed by atoms with E-state index in [0.29, 0.717) is 12.3 Å². The molecular weight excluding hydrogens is 236 g/mol. The lowest BCUT2D eigenvalue weighted by Crippen LogP contribution is -2.29. The molecule has 1 atom stereocenters. The number of carbonyl (C=O) groups excluding carboxylic acids is 1. The Hall–Kier alpha value is -1.77. The van der Waals surface area contributed by atoms with Crippen LogP contribution in [0.2, 0.25) is 0 Å². The fraction of sp³-hybridized carbons (Fsp3) is 0.438. The van der Waals surface area contributed by atoms with Gasteiger partial charge in [0.2, 0.25) is 5.91 Å². The van der Waals surface area contributed by atoms with Crippen LogP contribution in [0.1, 0.15) is 30.7 Å². The summed E-state index contributed by atoms with van der Waals surface area (Å²) in [6, 6.07) is 8.26. The smallest absolute Gasteiger partial charge is 0.222 e. The van der Waals surface area contributed by atoms with E-state index in [1.54, 1.807) is 0 Å². The summed E-state index contributed by atoms with van der Waals surface area (Å²) >= 11 is 0. The van der Waals surface area contributed by atoms with Gasteiger partial charge in [-0.1, -0.05) is 24.3 Å². The molecule has 3 heteroatoms. The van der Waals surface area contributed by atoms with Crippen molar-refractivity contribution in [3.63, 3.8) is 0 Å². The van der Waals surface area contributed by atoms with Crippen LogP contribution in [0.3, 0.4) is 0 Å². The second-order valence-corrected chi connectivity index (χ2v) is 5.12. The molecule has 0 spiro atoms. The molecule has 1 unspecified atom stereocenters. The van der Waals surface area contributed by atoms with Gasteiger partial charge in [-0.3, -0.25) is 4.79 Å². The van der Waals surface area contributed by atoms with Crippen molar-refractivity contribution in [2.24, 2.45) is 0 Å². The molecule has 1 aromatic rings. The van der Waals surface area contributed by atoms with Crippen LogP contribution in [-0.4, -0.2) is 30.9 Å². The zero-order chi connectivity index (χ0) is 13.7. The van der Waals surface area contributed by atoms with Gasteiger partial charge in [-0.15, -0.1) is 6.58 Å². The molecule has 1 aromatic carbocycles. The molecule has 3 nitrogen and oxygen atoms in total. The number of nitrogens with zero attached hydrogens (tertiary/aromatic N) is 1. The Labute approximate surface area is 115 Å². The maximum Gasteiger partial charge on any atom is 0.222 e. The monoisotopic (exact) mass is 258 g/mol. The molecule has 0 aromatic heterocycles. The normalized spacial score (nSPS) is 16.6. The predicted molar refractivity (Wildman–Crippen MR) is 79.4 cm³/mol. The quantitative estimate of drug-likeness (QED) is 0.628. The van der Waals surface area contributed by atoms with E-state index in [1.807, 2.05) is 30.2 Å². The lowest BCUT2D eigenvalue weighted by Gasteiger charge is -2.19. The predicted octanol–water partition coefficient (Wildman–Crippen LogP) is 3.01. The second kappa shape index (κ2) is 6.41. The minimum atomic E-state index is 0.229. The molecule has 0 saturated carbocycles. The molecule has 1 aliphatic rings. The van der Waals surface area contributed by atoms with Crippen molar-refractivity contribution in [3.05, 3.63) is 42.5 Å². The number of carbonyl (C=O) groups is 1. The van der Waals surface area contributed by atoms with Crippen molar-refractivity contribution < 1.29 is 4.79 Å². The first-order chi connectivity index (χ1) is 9.22. The number of hydrogen-bond donors (Lipinski definition) is 1. The Balaban J connectivity index is 1.88. The third-order valence-corrected chi connectivity index (χ3v) is 3.69. The van der Waals surface area contributed by atoms with Crippen molar-refractivity contribution in [2.45, 2.75) is 25.2 Å². The first-order valence-electron chi connectivity index (χ1n) is 6.90. The van der Waals surface area contributed by atoms with Crippen LogP contribution in [-0.2, 0) is 4.79 Å². The van der Waals surface area contributed by atoms with Crippen LogP contribution in [0.15, 0.2) is 36.9 Å². The van der Waals surface area contributed by atoms with E-state index in [1.165, 1.54) is 11.3 Å². The lowest BCUT2D eigenvalue weighted by atomic mass is 9.97. The fourth-order valence-electron chi connectivity index (χ4n) is 2.50. The Morgan fingerprint density at radius 3 is 3.11 bits per heavy atom. The Kier molecular flexibility index (Phi) is 4.61. The molecule has 102 valence electrons. The van der Waals surface area contributed by atoms with Crippen LogP contribution in [0, 0.1) is 0 Å². The van der Waals surface area contributed by atoms with Crippen molar-refractivity contribution >= 4 is 11.6 Å². The van der Waals surface area contributed by atoms with Crippen LogP contribution in [0.4, 0.5) is 5.69 Å². The maximum atomic E-state index is 12.2. The van der Waals surface area contributed by atoms with Crippen LogP contribution in [0.5, 0.6) is 0 Å². The molecule has 2 rings (SSSR count). The SMILES string of the molecule is C=CCCCN(C)C(=O)CC1CNc2ccccc21. The molecule has 0 fully saturated rings.